The number of carbonyl (C=O) groups excluding carboxylic acids is 1. The SMILES string of the molecule is CCN(Cc1ccccc1)C(=O)Cn1nccc1[C@H]1CCCNC1. The normalized spacial score (nSPS) is 17.6. The molecule has 1 saturated heterocycles. The summed E-state index contributed by atoms with van der Waals surface area (Å²) in [6.07, 6.45) is 4.15. The molecule has 0 spiro atoms. The molecule has 0 aliphatic carbocycles. The summed E-state index contributed by atoms with van der Waals surface area (Å²) in [6.45, 7) is 5.76. The molecule has 2 heterocycles. The number of rotatable bonds is 6. The van der Waals surface area contributed by atoms with Crippen LogP contribution in [0.25, 0.3) is 0 Å². The summed E-state index contributed by atoms with van der Waals surface area (Å²) in [4.78, 5) is 14.6. The van der Waals surface area contributed by atoms with Gasteiger partial charge in [0.2, 0.25) is 5.91 Å². The molecular weight excluding hydrogens is 300 g/mol. The second-order valence-corrected chi connectivity index (χ2v) is 6.35. The van der Waals surface area contributed by atoms with Gasteiger partial charge in [0.1, 0.15) is 6.54 Å². The number of benzene rings is 1. The fraction of sp³-hybridized carbons (Fsp3) is 0.474. The Balaban J connectivity index is 1.66. The molecule has 1 aliphatic rings. The Morgan fingerprint density at radius 3 is 2.88 bits per heavy atom. The van der Waals surface area contributed by atoms with E-state index in [-0.39, 0.29) is 5.91 Å². The van der Waals surface area contributed by atoms with Crippen molar-refractivity contribution in [2.24, 2.45) is 0 Å². The molecule has 0 saturated carbocycles. The maximum absolute atomic E-state index is 12.7. The van der Waals surface area contributed by atoms with Gasteiger partial charge in [-0.1, -0.05) is 30.3 Å². The number of amides is 1. The van der Waals surface area contributed by atoms with Gasteiger partial charge in [0.15, 0.2) is 0 Å². The first-order chi connectivity index (χ1) is 11.8. The van der Waals surface area contributed by atoms with Crippen LogP contribution in [0.15, 0.2) is 42.6 Å². The smallest absolute Gasteiger partial charge is 0.244 e. The van der Waals surface area contributed by atoms with Gasteiger partial charge in [-0.05, 0) is 37.9 Å². The van der Waals surface area contributed by atoms with Gasteiger partial charge in [0.05, 0.1) is 0 Å². The molecule has 1 N–H and O–H groups in total. The number of carbonyl (C=O) groups is 1. The highest BCUT2D eigenvalue weighted by molar-refractivity contribution is 5.76. The Kier molecular flexibility index (Phi) is 5.64. The van der Waals surface area contributed by atoms with Gasteiger partial charge in [-0.25, -0.2) is 0 Å². The van der Waals surface area contributed by atoms with Crippen LogP contribution in [-0.2, 0) is 17.9 Å². The average Bonchev–Trinajstić information content (AvgIpc) is 3.09. The zero-order valence-corrected chi connectivity index (χ0v) is 14.3. The Morgan fingerprint density at radius 2 is 2.17 bits per heavy atom. The molecule has 128 valence electrons. The molecule has 3 rings (SSSR count). The lowest BCUT2D eigenvalue weighted by Crippen LogP contribution is -2.35. The van der Waals surface area contributed by atoms with Crippen LogP contribution < -0.4 is 5.32 Å². The van der Waals surface area contributed by atoms with E-state index in [1.165, 1.54) is 12.1 Å². The van der Waals surface area contributed by atoms with Crippen molar-refractivity contribution in [1.29, 1.82) is 0 Å². The standard InChI is InChI=1S/C19H26N4O/c1-2-22(14-16-7-4-3-5-8-16)19(24)15-23-18(10-12-21-23)17-9-6-11-20-13-17/h3-5,7-8,10,12,17,20H,2,6,9,11,13-15H2,1H3/t17-/m0/s1. The van der Waals surface area contributed by atoms with Crippen LogP contribution in [0.5, 0.6) is 0 Å². The zero-order chi connectivity index (χ0) is 16.8. The predicted octanol–water partition coefficient (Wildman–Crippen LogP) is 2.40. The first-order valence-corrected chi connectivity index (χ1v) is 8.82. The van der Waals surface area contributed by atoms with Gasteiger partial charge < -0.3 is 10.2 Å². The van der Waals surface area contributed by atoms with E-state index in [4.69, 9.17) is 0 Å². The molecule has 5 heteroatoms. The second-order valence-electron chi connectivity index (χ2n) is 6.35. The van der Waals surface area contributed by atoms with E-state index in [1.807, 2.05) is 40.9 Å². The quantitative estimate of drug-likeness (QED) is 0.887. The van der Waals surface area contributed by atoms with Crippen molar-refractivity contribution in [3.63, 3.8) is 0 Å². The summed E-state index contributed by atoms with van der Waals surface area (Å²) >= 11 is 0. The van der Waals surface area contributed by atoms with Crippen LogP contribution in [0.2, 0.25) is 0 Å². The largest absolute Gasteiger partial charge is 0.337 e. The molecule has 1 amide bonds. The van der Waals surface area contributed by atoms with Gasteiger partial charge in [-0.2, -0.15) is 5.10 Å². The summed E-state index contributed by atoms with van der Waals surface area (Å²) in [5.74, 6) is 0.577. The first kappa shape index (κ1) is 16.7. The molecule has 1 aromatic carbocycles. The number of hydrogen-bond acceptors (Lipinski definition) is 3. The Hall–Kier alpha value is -2.14. The maximum atomic E-state index is 12.7. The van der Waals surface area contributed by atoms with Crippen LogP contribution in [0.1, 0.15) is 36.9 Å². The van der Waals surface area contributed by atoms with Crippen molar-refractivity contribution in [2.45, 2.75) is 38.8 Å². The van der Waals surface area contributed by atoms with Gasteiger partial charge >= 0.3 is 0 Å². The van der Waals surface area contributed by atoms with E-state index in [2.05, 4.69) is 28.6 Å². The summed E-state index contributed by atoms with van der Waals surface area (Å²) in [7, 11) is 0. The summed E-state index contributed by atoms with van der Waals surface area (Å²) < 4.78 is 1.88. The van der Waals surface area contributed by atoms with E-state index in [0.717, 1.165) is 25.1 Å². The third-order valence-electron chi connectivity index (χ3n) is 4.70. The Bertz CT molecular complexity index is 646. The van der Waals surface area contributed by atoms with Crippen LogP contribution in [0.4, 0.5) is 0 Å². The minimum absolute atomic E-state index is 0.120. The molecule has 0 bridgehead atoms. The van der Waals surface area contributed by atoms with Crippen LogP contribution >= 0.6 is 0 Å². The minimum Gasteiger partial charge on any atom is -0.337 e. The summed E-state index contributed by atoms with van der Waals surface area (Å²) in [6, 6.07) is 12.2. The molecule has 24 heavy (non-hydrogen) atoms. The Labute approximate surface area is 143 Å². The van der Waals surface area contributed by atoms with Crippen molar-refractivity contribution in [1.82, 2.24) is 20.0 Å². The molecule has 1 atom stereocenters. The van der Waals surface area contributed by atoms with E-state index >= 15 is 0 Å². The summed E-state index contributed by atoms with van der Waals surface area (Å²) in [5.41, 5.74) is 2.33. The minimum atomic E-state index is 0.120. The third-order valence-corrected chi connectivity index (χ3v) is 4.70. The van der Waals surface area contributed by atoms with Gasteiger partial charge in [-0.15, -0.1) is 0 Å². The topological polar surface area (TPSA) is 50.2 Å². The van der Waals surface area contributed by atoms with Crippen molar-refractivity contribution >= 4 is 5.91 Å². The van der Waals surface area contributed by atoms with Crippen LogP contribution in [-0.4, -0.2) is 40.2 Å². The van der Waals surface area contributed by atoms with Crippen molar-refractivity contribution in [3.8, 4) is 0 Å². The van der Waals surface area contributed by atoms with Crippen LogP contribution in [0.3, 0.4) is 0 Å². The van der Waals surface area contributed by atoms with Crippen LogP contribution in [0, 0.1) is 0 Å². The summed E-state index contributed by atoms with van der Waals surface area (Å²) in [5, 5.41) is 7.83. The highest BCUT2D eigenvalue weighted by Gasteiger charge is 2.21. The van der Waals surface area contributed by atoms with Crippen molar-refractivity contribution < 1.29 is 4.79 Å². The van der Waals surface area contributed by atoms with E-state index in [9.17, 15) is 4.79 Å². The maximum Gasteiger partial charge on any atom is 0.244 e. The number of piperidine rings is 1. The number of nitrogens with zero attached hydrogens (tertiary/aromatic N) is 3. The molecule has 1 aromatic heterocycles. The molecule has 5 nitrogen and oxygen atoms in total. The molecule has 0 unspecified atom stereocenters. The van der Waals surface area contributed by atoms with Gasteiger partial charge in [0.25, 0.3) is 0 Å². The number of nitrogens with one attached hydrogen (secondary N) is 1. The monoisotopic (exact) mass is 326 g/mol. The van der Waals surface area contributed by atoms with Gasteiger partial charge in [-0.3, -0.25) is 9.48 Å². The number of aromatic nitrogens is 2. The predicted molar refractivity (Wildman–Crippen MR) is 94.6 cm³/mol. The van der Waals surface area contributed by atoms with Crippen molar-refractivity contribution in [3.05, 3.63) is 53.9 Å². The molecule has 1 fully saturated rings. The molecule has 1 aliphatic heterocycles. The highest BCUT2D eigenvalue weighted by atomic mass is 16.2. The number of hydrogen-bond donors (Lipinski definition) is 1. The van der Waals surface area contributed by atoms with Crippen molar-refractivity contribution in [2.75, 3.05) is 19.6 Å². The lowest BCUT2D eigenvalue weighted by Gasteiger charge is -2.25. The molecule has 0 radical (unpaired) electrons. The fourth-order valence-electron chi connectivity index (χ4n) is 3.33. The fourth-order valence-corrected chi connectivity index (χ4v) is 3.33. The highest BCUT2D eigenvalue weighted by Crippen LogP contribution is 2.22. The van der Waals surface area contributed by atoms with Gasteiger partial charge in [0, 0.05) is 37.4 Å². The average molecular weight is 326 g/mol. The third kappa shape index (κ3) is 4.03. The molecule has 2 aromatic rings. The van der Waals surface area contributed by atoms with E-state index in [0.29, 0.717) is 25.6 Å². The number of likely N-dealkylation sites (N-methyl/N-ethyl adjacent to an activating group) is 1. The van der Waals surface area contributed by atoms with E-state index in [1.54, 1.807) is 0 Å². The molecular formula is C19H26N4O. The van der Waals surface area contributed by atoms with E-state index < -0.39 is 0 Å². The zero-order valence-electron chi connectivity index (χ0n) is 14.3. The first-order valence-electron chi connectivity index (χ1n) is 8.82. The second kappa shape index (κ2) is 8.11. The lowest BCUT2D eigenvalue weighted by molar-refractivity contribution is -0.132. The lowest BCUT2D eigenvalue weighted by atomic mass is 9.96. The Morgan fingerprint density at radius 1 is 1.33 bits per heavy atom.